The maximum Gasteiger partial charge on any atom is 0.0793 e. The fourth-order valence-corrected chi connectivity index (χ4v) is 3.27. The van der Waals surface area contributed by atoms with Crippen LogP contribution < -0.4 is 0 Å². The predicted octanol–water partition coefficient (Wildman–Crippen LogP) is 3.58. The summed E-state index contributed by atoms with van der Waals surface area (Å²) in [6.45, 7) is 0. The van der Waals surface area contributed by atoms with E-state index < -0.39 is 0 Å². The Morgan fingerprint density at radius 2 is 2.08 bits per heavy atom. The summed E-state index contributed by atoms with van der Waals surface area (Å²) in [4.78, 5) is 0. The quantitative estimate of drug-likeness (QED) is 0.777. The first kappa shape index (κ1) is 9.69. The second-order valence-corrected chi connectivity index (χ2v) is 5.13. The lowest BCUT2D eigenvalue weighted by Crippen LogP contribution is -2.09. The Bertz CT molecular complexity index is 336. The lowest BCUT2D eigenvalue weighted by molar-refractivity contribution is 0.156. The number of fused-ring (bicyclic) bond motifs is 1. The molecule has 1 aromatic rings. The lowest BCUT2D eigenvalue weighted by Gasteiger charge is -2.22. The molecule has 0 amide bonds. The summed E-state index contributed by atoms with van der Waals surface area (Å²) in [6.07, 6.45) is 2.75. The van der Waals surface area contributed by atoms with Crippen LogP contribution in [0.1, 0.15) is 30.1 Å². The largest absolute Gasteiger partial charge is 0.388 e. The SMILES string of the molecule is O[C@H]1CCCc2c(Br)cc(Br)cc21. The third-order valence-corrected chi connectivity index (χ3v) is 3.62. The molecule has 0 saturated carbocycles. The van der Waals surface area contributed by atoms with Crippen LogP contribution in [0.15, 0.2) is 21.1 Å². The predicted molar refractivity (Wildman–Crippen MR) is 59.7 cm³/mol. The first-order valence-electron chi connectivity index (χ1n) is 4.34. The van der Waals surface area contributed by atoms with E-state index in [1.165, 1.54) is 5.56 Å². The number of halogens is 2. The minimum atomic E-state index is -0.280. The van der Waals surface area contributed by atoms with Gasteiger partial charge in [-0.25, -0.2) is 0 Å². The highest BCUT2D eigenvalue weighted by atomic mass is 79.9. The highest BCUT2D eigenvalue weighted by molar-refractivity contribution is 9.11. The van der Waals surface area contributed by atoms with Crippen molar-refractivity contribution in [3.63, 3.8) is 0 Å². The van der Waals surface area contributed by atoms with Crippen molar-refractivity contribution in [1.29, 1.82) is 0 Å². The molecule has 3 heteroatoms. The Morgan fingerprint density at radius 3 is 2.85 bits per heavy atom. The summed E-state index contributed by atoms with van der Waals surface area (Å²) in [5, 5.41) is 9.77. The summed E-state index contributed by atoms with van der Waals surface area (Å²) in [5.74, 6) is 0. The number of hydrogen-bond acceptors (Lipinski definition) is 1. The molecule has 13 heavy (non-hydrogen) atoms. The monoisotopic (exact) mass is 304 g/mol. The maximum atomic E-state index is 9.77. The van der Waals surface area contributed by atoms with Gasteiger partial charge in [0.25, 0.3) is 0 Å². The van der Waals surface area contributed by atoms with Crippen molar-refractivity contribution < 1.29 is 5.11 Å². The minimum Gasteiger partial charge on any atom is -0.388 e. The zero-order valence-electron chi connectivity index (χ0n) is 7.06. The molecule has 0 fully saturated rings. The van der Waals surface area contributed by atoms with Crippen molar-refractivity contribution in [2.75, 3.05) is 0 Å². The van der Waals surface area contributed by atoms with Crippen LogP contribution in [-0.4, -0.2) is 5.11 Å². The Labute approximate surface area is 94.4 Å². The second kappa shape index (κ2) is 3.71. The van der Waals surface area contributed by atoms with E-state index in [0.717, 1.165) is 33.8 Å². The molecule has 1 aromatic carbocycles. The Morgan fingerprint density at radius 1 is 1.31 bits per heavy atom. The Kier molecular flexibility index (Phi) is 2.77. The first-order valence-corrected chi connectivity index (χ1v) is 5.93. The van der Waals surface area contributed by atoms with E-state index in [2.05, 4.69) is 31.9 Å². The topological polar surface area (TPSA) is 20.2 Å². The number of aliphatic hydroxyl groups excluding tert-OH is 1. The normalized spacial score (nSPS) is 21.3. The summed E-state index contributed by atoms with van der Waals surface area (Å²) < 4.78 is 2.13. The summed E-state index contributed by atoms with van der Waals surface area (Å²) in [6, 6.07) is 4.06. The van der Waals surface area contributed by atoms with Gasteiger partial charge in [-0.15, -0.1) is 0 Å². The lowest BCUT2D eigenvalue weighted by atomic mass is 9.90. The van der Waals surface area contributed by atoms with Gasteiger partial charge in [-0.2, -0.15) is 0 Å². The summed E-state index contributed by atoms with van der Waals surface area (Å²) >= 11 is 6.95. The van der Waals surface area contributed by atoms with Gasteiger partial charge in [-0.05, 0) is 42.5 Å². The van der Waals surface area contributed by atoms with Crippen LogP contribution in [0.5, 0.6) is 0 Å². The van der Waals surface area contributed by atoms with Gasteiger partial charge in [-0.3, -0.25) is 0 Å². The Balaban J connectivity index is 2.56. The van der Waals surface area contributed by atoms with Crippen molar-refractivity contribution >= 4 is 31.9 Å². The minimum absolute atomic E-state index is 0.280. The van der Waals surface area contributed by atoms with E-state index >= 15 is 0 Å². The fourth-order valence-electron chi connectivity index (χ4n) is 1.81. The molecule has 0 aromatic heterocycles. The van der Waals surface area contributed by atoms with Crippen molar-refractivity contribution in [2.24, 2.45) is 0 Å². The van der Waals surface area contributed by atoms with Crippen LogP contribution in [0.3, 0.4) is 0 Å². The van der Waals surface area contributed by atoms with Gasteiger partial charge in [-0.1, -0.05) is 31.9 Å². The number of benzene rings is 1. The van der Waals surface area contributed by atoms with Crippen LogP contribution in [0, 0.1) is 0 Å². The number of hydrogen-bond donors (Lipinski definition) is 1. The van der Waals surface area contributed by atoms with Crippen molar-refractivity contribution in [3.05, 3.63) is 32.2 Å². The summed E-state index contributed by atoms with van der Waals surface area (Å²) in [5.41, 5.74) is 2.34. The van der Waals surface area contributed by atoms with Crippen LogP contribution in [0.4, 0.5) is 0 Å². The zero-order valence-corrected chi connectivity index (χ0v) is 10.2. The van der Waals surface area contributed by atoms with Gasteiger partial charge in [0.1, 0.15) is 0 Å². The van der Waals surface area contributed by atoms with Gasteiger partial charge < -0.3 is 5.11 Å². The van der Waals surface area contributed by atoms with E-state index in [0.29, 0.717) is 0 Å². The van der Waals surface area contributed by atoms with E-state index in [9.17, 15) is 5.11 Å². The smallest absolute Gasteiger partial charge is 0.0793 e. The highest BCUT2D eigenvalue weighted by Gasteiger charge is 2.20. The zero-order chi connectivity index (χ0) is 9.42. The molecule has 70 valence electrons. The molecule has 0 heterocycles. The van der Waals surface area contributed by atoms with Crippen LogP contribution in [-0.2, 0) is 6.42 Å². The molecule has 1 aliphatic carbocycles. The highest BCUT2D eigenvalue weighted by Crippen LogP contribution is 2.36. The summed E-state index contributed by atoms with van der Waals surface area (Å²) in [7, 11) is 0. The molecular weight excluding hydrogens is 296 g/mol. The molecule has 0 radical (unpaired) electrons. The van der Waals surface area contributed by atoms with E-state index in [1.807, 2.05) is 12.1 Å². The first-order chi connectivity index (χ1) is 6.18. The fraction of sp³-hybridized carbons (Fsp3) is 0.400. The molecule has 0 spiro atoms. The Hall–Kier alpha value is 0.140. The second-order valence-electron chi connectivity index (χ2n) is 3.36. The average Bonchev–Trinajstić information content (AvgIpc) is 2.07. The molecule has 1 N–H and O–H groups in total. The van der Waals surface area contributed by atoms with Crippen LogP contribution >= 0.6 is 31.9 Å². The maximum absolute atomic E-state index is 9.77. The van der Waals surface area contributed by atoms with Crippen LogP contribution in [0.2, 0.25) is 0 Å². The van der Waals surface area contributed by atoms with Gasteiger partial charge in [0.2, 0.25) is 0 Å². The average molecular weight is 306 g/mol. The molecule has 2 rings (SSSR count). The van der Waals surface area contributed by atoms with E-state index in [1.54, 1.807) is 0 Å². The molecule has 0 aliphatic heterocycles. The number of rotatable bonds is 0. The van der Waals surface area contributed by atoms with Crippen molar-refractivity contribution in [3.8, 4) is 0 Å². The third kappa shape index (κ3) is 1.83. The standard InChI is InChI=1S/C10H10Br2O/c11-6-4-8-7(9(12)5-6)2-1-3-10(8)13/h4-5,10,13H,1-3H2/t10-/m0/s1. The van der Waals surface area contributed by atoms with Gasteiger partial charge in [0, 0.05) is 8.95 Å². The van der Waals surface area contributed by atoms with E-state index in [4.69, 9.17) is 0 Å². The molecule has 0 bridgehead atoms. The van der Waals surface area contributed by atoms with Crippen molar-refractivity contribution in [1.82, 2.24) is 0 Å². The molecule has 0 saturated heterocycles. The molecule has 1 nitrogen and oxygen atoms in total. The van der Waals surface area contributed by atoms with Crippen molar-refractivity contribution in [2.45, 2.75) is 25.4 Å². The molecular formula is C10H10Br2O. The van der Waals surface area contributed by atoms with Gasteiger partial charge in [0.15, 0.2) is 0 Å². The van der Waals surface area contributed by atoms with Gasteiger partial charge >= 0.3 is 0 Å². The number of aliphatic hydroxyl groups is 1. The van der Waals surface area contributed by atoms with Crippen LogP contribution in [0.25, 0.3) is 0 Å². The van der Waals surface area contributed by atoms with E-state index in [-0.39, 0.29) is 6.10 Å². The molecule has 0 unspecified atom stereocenters. The molecule has 1 aliphatic rings. The third-order valence-electron chi connectivity index (χ3n) is 2.46. The molecule has 1 atom stereocenters. The van der Waals surface area contributed by atoms with Gasteiger partial charge in [0.05, 0.1) is 6.10 Å².